The van der Waals surface area contributed by atoms with Crippen LogP contribution in [0, 0.1) is 5.92 Å². The molecule has 1 N–H and O–H groups in total. The Labute approximate surface area is 116 Å². The van der Waals surface area contributed by atoms with Crippen molar-refractivity contribution in [1.29, 1.82) is 0 Å². The summed E-state index contributed by atoms with van der Waals surface area (Å²) >= 11 is 0. The molecule has 3 heteroatoms. The molecule has 1 fully saturated rings. The molecule has 3 nitrogen and oxygen atoms in total. The summed E-state index contributed by atoms with van der Waals surface area (Å²) in [5.41, 5.74) is 1.22. The second-order valence-corrected chi connectivity index (χ2v) is 5.60. The SMILES string of the molecule is COc1ccccc1CN(C)CCC1CCCC1O. The van der Waals surface area contributed by atoms with E-state index in [1.807, 2.05) is 18.2 Å². The van der Waals surface area contributed by atoms with Gasteiger partial charge in [-0.05, 0) is 44.8 Å². The molecular weight excluding hydrogens is 238 g/mol. The van der Waals surface area contributed by atoms with Gasteiger partial charge in [-0.2, -0.15) is 0 Å². The molecule has 0 spiro atoms. The van der Waals surface area contributed by atoms with Gasteiger partial charge in [0.15, 0.2) is 0 Å². The number of hydrogen-bond donors (Lipinski definition) is 1. The van der Waals surface area contributed by atoms with E-state index in [2.05, 4.69) is 18.0 Å². The largest absolute Gasteiger partial charge is 0.496 e. The highest BCUT2D eigenvalue weighted by molar-refractivity contribution is 5.32. The number of ether oxygens (including phenoxy) is 1. The molecule has 2 unspecified atom stereocenters. The molecule has 0 bridgehead atoms. The van der Waals surface area contributed by atoms with Crippen molar-refractivity contribution in [3.8, 4) is 5.75 Å². The van der Waals surface area contributed by atoms with Gasteiger partial charge in [-0.25, -0.2) is 0 Å². The lowest BCUT2D eigenvalue weighted by molar-refractivity contribution is 0.120. The lowest BCUT2D eigenvalue weighted by atomic mass is 10.0. The van der Waals surface area contributed by atoms with Crippen LogP contribution < -0.4 is 4.74 Å². The van der Waals surface area contributed by atoms with Crippen LogP contribution in [0.25, 0.3) is 0 Å². The van der Waals surface area contributed by atoms with Crippen molar-refractivity contribution in [2.45, 2.75) is 38.3 Å². The first-order valence-electron chi connectivity index (χ1n) is 7.19. The van der Waals surface area contributed by atoms with Gasteiger partial charge >= 0.3 is 0 Å². The third kappa shape index (κ3) is 3.95. The molecule has 19 heavy (non-hydrogen) atoms. The monoisotopic (exact) mass is 263 g/mol. The lowest BCUT2D eigenvalue weighted by Gasteiger charge is -2.21. The topological polar surface area (TPSA) is 32.7 Å². The van der Waals surface area contributed by atoms with E-state index in [-0.39, 0.29) is 6.10 Å². The van der Waals surface area contributed by atoms with Crippen LogP contribution in [-0.2, 0) is 6.54 Å². The van der Waals surface area contributed by atoms with Gasteiger partial charge in [0, 0.05) is 12.1 Å². The van der Waals surface area contributed by atoms with E-state index < -0.39 is 0 Å². The predicted molar refractivity (Wildman–Crippen MR) is 77.3 cm³/mol. The van der Waals surface area contributed by atoms with E-state index in [1.54, 1.807) is 7.11 Å². The molecule has 0 amide bonds. The van der Waals surface area contributed by atoms with Gasteiger partial charge in [0.25, 0.3) is 0 Å². The number of benzene rings is 1. The zero-order chi connectivity index (χ0) is 13.7. The van der Waals surface area contributed by atoms with E-state index in [4.69, 9.17) is 4.74 Å². The number of nitrogens with zero attached hydrogens (tertiary/aromatic N) is 1. The Kier molecular flexibility index (Phi) is 5.23. The minimum Gasteiger partial charge on any atom is -0.496 e. The molecule has 1 aromatic carbocycles. The van der Waals surface area contributed by atoms with Crippen LogP contribution in [0.1, 0.15) is 31.2 Å². The molecule has 0 radical (unpaired) electrons. The van der Waals surface area contributed by atoms with E-state index in [1.165, 1.54) is 18.4 Å². The maximum Gasteiger partial charge on any atom is 0.123 e. The first-order valence-corrected chi connectivity index (χ1v) is 7.19. The summed E-state index contributed by atoms with van der Waals surface area (Å²) < 4.78 is 5.37. The Balaban J connectivity index is 1.82. The molecule has 1 aliphatic carbocycles. The molecule has 0 aromatic heterocycles. The minimum absolute atomic E-state index is 0.0698. The summed E-state index contributed by atoms with van der Waals surface area (Å²) in [6.45, 7) is 1.92. The fourth-order valence-electron chi connectivity index (χ4n) is 2.94. The molecule has 1 aliphatic rings. The number of aliphatic hydroxyl groups is 1. The van der Waals surface area contributed by atoms with Crippen LogP contribution in [0.4, 0.5) is 0 Å². The van der Waals surface area contributed by atoms with Gasteiger partial charge in [-0.1, -0.05) is 24.6 Å². The summed E-state index contributed by atoms with van der Waals surface area (Å²) in [5, 5.41) is 9.84. The van der Waals surface area contributed by atoms with Crippen molar-refractivity contribution >= 4 is 0 Å². The Morgan fingerprint density at radius 1 is 1.32 bits per heavy atom. The Hall–Kier alpha value is -1.06. The number of rotatable bonds is 6. The zero-order valence-electron chi connectivity index (χ0n) is 12.0. The average Bonchev–Trinajstić information content (AvgIpc) is 2.82. The highest BCUT2D eigenvalue weighted by atomic mass is 16.5. The summed E-state index contributed by atoms with van der Waals surface area (Å²) in [5.74, 6) is 1.45. The second kappa shape index (κ2) is 6.92. The van der Waals surface area contributed by atoms with E-state index >= 15 is 0 Å². The van der Waals surface area contributed by atoms with E-state index in [0.29, 0.717) is 5.92 Å². The Morgan fingerprint density at radius 2 is 2.11 bits per heavy atom. The van der Waals surface area contributed by atoms with Crippen LogP contribution >= 0.6 is 0 Å². The van der Waals surface area contributed by atoms with Crippen LogP contribution in [0.15, 0.2) is 24.3 Å². The maximum absolute atomic E-state index is 9.84. The second-order valence-electron chi connectivity index (χ2n) is 5.60. The molecule has 2 rings (SSSR count). The van der Waals surface area contributed by atoms with Crippen molar-refractivity contribution in [3.05, 3.63) is 29.8 Å². The molecule has 2 atom stereocenters. The quantitative estimate of drug-likeness (QED) is 0.856. The number of hydrogen-bond acceptors (Lipinski definition) is 3. The average molecular weight is 263 g/mol. The Morgan fingerprint density at radius 3 is 2.79 bits per heavy atom. The fourth-order valence-corrected chi connectivity index (χ4v) is 2.94. The summed E-state index contributed by atoms with van der Waals surface area (Å²) in [4.78, 5) is 2.31. The van der Waals surface area contributed by atoms with Gasteiger partial charge in [0.1, 0.15) is 5.75 Å². The summed E-state index contributed by atoms with van der Waals surface area (Å²) in [7, 11) is 3.85. The number of aliphatic hydroxyl groups excluding tert-OH is 1. The van der Waals surface area contributed by atoms with Crippen molar-refractivity contribution < 1.29 is 9.84 Å². The molecular formula is C16H25NO2. The predicted octanol–water partition coefficient (Wildman–Crippen LogP) is 2.68. The van der Waals surface area contributed by atoms with Gasteiger partial charge < -0.3 is 14.7 Å². The molecule has 1 saturated carbocycles. The molecule has 0 aliphatic heterocycles. The first kappa shape index (κ1) is 14.4. The van der Waals surface area contributed by atoms with Gasteiger partial charge in [-0.3, -0.25) is 0 Å². The van der Waals surface area contributed by atoms with Crippen LogP contribution in [-0.4, -0.2) is 36.8 Å². The maximum atomic E-state index is 9.84. The van der Waals surface area contributed by atoms with Crippen LogP contribution in [0.5, 0.6) is 5.75 Å². The van der Waals surface area contributed by atoms with Gasteiger partial charge in [-0.15, -0.1) is 0 Å². The Bertz CT molecular complexity index is 394. The zero-order valence-corrected chi connectivity index (χ0v) is 12.0. The van der Waals surface area contributed by atoms with E-state index in [0.717, 1.165) is 31.7 Å². The molecule has 106 valence electrons. The van der Waals surface area contributed by atoms with Crippen LogP contribution in [0.3, 0.4) is 0 Å². The van der Waals surface area contributed by atoms with Crippen molar-refractivity contribution in [1.82, 2.24) is 4.90 Å². The summed E-state index contributed by atoms with van der Waals surface area (Å²) in [6, 6.07) is 8.16. The smallest absolute Gasteiger partial charge is 0.123 e. The highest BCUT2D eigenvalue weighted by Crippen LogP contribution is 2.28. The third-order valence-corrected chi connectivity index (χ3v) is 4.13. The van der Waals surface area contributed by atoms with Gasteiger partial charge in [0.05, 0.1) is 13.2 Å². The van der Waals surface area contributed by atoms with Crippen molar-refractivity contribution in [2.75, 3.05) is 20.7 Å². The minimum atomic E-state index is -0.0698. The van der Waals surface area contributed by atoms with E-state index in [9.17, 15) is 5.11 Å². The molecule has 0 heterocycles. The highest BCUT2D eigenvalue weighted by Gasteiger charge is 2.24. The number of para-hydroxylation sites is 1. The lowest BCUT2D eigenvalue weighted by Crippen LogP contribution is -2.24. The number of methoxy groups -OCH3 is 1. The molecule has 0 saturated heterocycles. The van der Waals surface area contributed by atoms with Gasteiger partial charge in [0.2, 0.25) is 0 Å². The third-order valence-electron chi connectivity index (χ3n) is 4.13. The summed E-state index contributed by atoms with van der Waals surface area (Å²) in [6.07, 6.45) is 4.37. The molecule has 1 aromatic rings. The first-order chi connectivity index (χ1) is 9.20. The van der Waals surface area contributed by atoms with Crippen molar-refractivity contribution in [3.63, 3.8) is 0 Å². The standard InChI is InChI=1S/C16H25NO2/c1-17(11-10-13-7-5-8-15(13)18)12-14-6-3-4-9-16(14)19-2/h3-4,6,9,13,15,18H,5,7-8,10-12H2,1-2H3. The van der Waals surface area contributed by atoms with Crippen molar-refractivity contribution in [2.24, 2.45) is 5.92 Å². The van der Waals surface area contributed by atoms with Crippen LogP contribution in [0.2, 0.25) is 0 Å². The normalized spacial score (nSPS) is 22.9. The fraction of sp³-hybridized carbons (Fsp3) is 0.625.